The molecule has 8 nitrogen and oxygen atoms in total. The van der Waals surface area contributed by atoms with Crippen molar-refractivity contribution in [2.24, 2.45) is 0 Å². The Bertz CT molecular complexity index is 1240. The number of hydrogen-bond donors (Lipinski definition) is 3. The summed E-state index contributed by atoms with van der Waals surface area (Å²) in [5, 5.41) is 21.2. The van der Waals surface area contributed by atoms with Crippen molar-refractivity contribution in [2.75, 3.05) is 11.9 Å². The second-order valence-corrected chi connectivity index (χ2v) is 11.0. The number of nitrogens with zero attached hydrogens (tertiary/aromatic N) is 3. The zero-order chi connectivity index (χ0) is 26.4. The summed E-state index contributed by atoms with van der Waals surface area (Å²) in [4.78, 5) is 29.4. The third-order valence-corrected chi connectivity index (χ3v) is 6.95. The summed E-state index contributed by atoms with van der Waals surface area (Å²) in [6, 6.07) is 8.80. The lowest BCUT2D eigenvalue weighted by molar-refractivity contribution is -0.139. The van der Waals surface area contributed by atoms with Gasteiger partial charge in [0.2, 0.25) is 0 Å². The van der Waals surface area contributed by atoms with Crippen molar-refractivity contribution in [1.29, 1.82) is 0 Å². The smallest absolute Gasteiger partial charge is 0.326 e. The number of pyridine rings is 1. The van der Waals surface area contributed by atoms with Crippen LogP contribution in [0.15, 0.2) is 36.5 Å². The second-order valence-electron chi connectivity index (χ2n) is 11.0. The summed E-state index contributed by atoms with van der Waals surface area (Å²) in [5.74, 6) is -0.325. The van der Waals surface area contributed by atoms with E-state index in [0.717, 1.165) is 73.9 Å². The van der Waals surface area contributed by atoms with E-state index in [2.05, 4.69) is 48.6 Å². The third kappa shape index (κ3) is 6.87. The molecule has 4 rings (SSSR count). The molecule has 8 heteroatoms. The molecule has 2 aromatic heterocycles. The number of carbonyl (C=O) groups is 2. The number of amides is 1. The van der Waals surface area contributed by atoms with E-state index in [1.54, 1.807) is 18.3 Å². The Morgan fingerprint density at radius 3 is 2.68 bits per heavy atom. The van der Waals surface area contributed by atoms with Crippen LogP contribution in [0.3, 0.4) is 0 Å². The average Bonchev–Trinajstić information content (AvgIpc) is 3.31. The molecule has 0 aliphatic carbocycles. The highest BCUT2D eigenvalue weighted by Gasteiger charge is 2.22. The first-order valence-corrected chi connectivity index (χ1v) is 13.5. The molecule has 0 saturated carbocycles. The van der Waals surface area contributed by atoms with Gasteiger partial charge in [-0.1, -0.05) is 37.8 Å². The molecule has 0 unspecified atom stereocenters. The molecule has 0 bridgehead atoms. The molecule has 198 valence electrons. The molecule has 1 aliphatic heterocycles. The molecule has 0 fully saturated rings. The summed E-state index contributed by atoms with van der Waals surface area (Å²) in [5.41, 5.74) is 3.51. The van der Waals surface area contributed by atoms with Crippen LogP contribution in [-0.4, -0.2) is 44.3 Å². The van der Waals surface area contributed by atoms with Crippen LogP contribution < -0.4 is 10.6 Å². The molecule has 1 atom stereocenters. The first-order chi connectivity index (χ1) is 17.7. The van der Waals surface area contributed by atoms with Gasteiger partial charge in [0.25, 0.3) is 5.91 Å². The largest absolute Gasteiger partial charge is 0.480 e. The molecule has 1 aromatic carbocycles. The Hall–Kier alpha value is -3.42. The van der Waals surface area contributed by atoms with Crippen LogP contribution in [0.25, 0.3) is 10.9 Å². The van der Waals surface area contributed by atoms with Crippen LogP contribution in [0, 0.1) is 0 Å². The molecule has 1 aliphatic rings. The number of carboxylic acids is 1. The molecule has 3 N–H and O–H groups in total. The summed E-state index contributed by atoms with van der Waals surface area (Å²) in [7, 11) is 0. The summed E-state index contributed by atoms with van der Waals surface area (Å²) in [6.45, 7) is 7.15. The van der Waals surface area contributed by atoms with Crippen LogP contribution in [0.4, 0.5) is 5.82 Å². The molecule has 0 radical (unpaired) electrons. The van der Waals surface area contributed by atoms with Gasteiger partial charge >= 0.3 is 5.97 Å². The Kier molecular flexibility index (Phi) is 8.46. The van der Waals surface area contributed by atoms with E-state index in [-0.39, 0.29) is 11.4 Å². The number of anilines is 1. The van der Waals surface area contributed by atoms with E-state index in [9.17, 15) is 14.7 Å². The van der Waals surface area contributed by atoms with Crippen molar-refractivity contribution in [3.8, 4) is 0 Å². The molecular formula is C29H39N5O3. The van der Waals surface area contributed by atoms with Crippen LogP contribution in [0.5, 0.6) is 0 Å². The van der Waals surface area contributed by atoms with E-state index < -0.39 is 12.0 Å². The van der Waals surface area contributed by atoms with E-state index in [1.165, 1.54) is 12.0 Å². The van der Waals surface area contributed by atoms with Gasteiger partial charge in [-0.25, -0.2) is 9.78 Å². The van der Waals surface area contributed by atoms with Crippen molar-refractivity contribution in [2.45, 2.75) is 90.1 Å². The van der Waals surface area contributed by atoms with Crippen LogP contribution in [0.1, 0.15) is 87.3 Å². The maximum Gasteiger partial charge on any atom is 0.326 e. The van der Waals surface area contributed by atoms with E-state index in [1.807, 2.05) is 10.7 Å². The van der Waals surface area contributed by atoms with Gasteiger partial charge in [0.15, 0.2) is 0 Å². The lowest BCUT2D eigenvalue weighted by Crippen LogP contribution is -2.40. The van der Waals surface area contributed by atoms with Crippen LogP contribution in [0.2, 0.25) is 0 Å². The molecule has 3 heterocycles. The van der Waals surface area contributed by atoms with Crippen molar-refractivity contribution in [3.63, 3.8) is 0 Å². The number of unbranched alkanes of at least 4 members (excludes halogenated alkanes) is 4. The van der Waals surface area contributed by atoms with Crippen LogP contribution in [-0.2, 0) is 23.2 Å². The highest BCUT2D eigenvalue weighted by atomic mass is 16.4. The zero-order valence-electron chi connectivity index (χ0n) is 22.2. The summed E-state index contributed by atoms with van der Waals surface area (Å²) >= 11 is 0. The number of aromatic nitrogens is 3. The Morgan fingerprint density at radius 2 is 1.89 bits per heavy atom. The topological polar surface area (TPSA) is 109 Å². The minimum atomic E-state index is -0.999. The highest BCUT2D eigenvalue weighted by Crippen LogP contribution is 2.23. The van der Waals surface area contributed by atoms with Gasteiger partial charge in [-0.15, -0.1) is 0 Å². The van der Waals surface area contributed by atoms with Gasteiger partial charge in [-0.3, -0.25) is 9.48 Å². The fraction of sp³-hybridized carbons (Fsp3) is 0.517. The second kappa shape index (κ2) is 11.8. The molecule has 0 spiro atoms. The monoisotopic (exact) mass is 505 g/mol. The fourth-order valence-corrected chi connectivity index (χ4v) is 4.89. The van der Waals surface area contributed by atoms with E-state index in [4.69, 9.17) is 4.98 Å². The number of carbonyl (C=O) groups excluding carboxylic acids is 1. The Morgan fingerprint density at radius 1 is 1.11 bits per heavy atom. The number of aliphatic carboxylic acids is 1. The zero-order valence-corrected chi connectivity index (χ0v) is 22.2. The van der Waals surface area contributed by atoms with Gasteiger partial charge < -0.3 is 15.7 Å². The quantitative estimate of drug-likeness (QED) is 0.305. The molecule has 0 saturated heterocycles. The number of hydrogen-bond acceptors (Lipinski definition) is 5. The average molecular weight is 506 g/mol. The van der Waals surface area contributed by atoms with Crippen molar-refractivity contribution < 1.29 is 14.7 Å². The van der Waals surface area contributed by atoms with Gasteiger partial charge in [0.1, 0.15) is 11.9 Å². The lowest BCUT2D eigenvalue weighted by atomic mass is 10.0. The predicted molar refractivity (Wildman–Crippen MR) is 146 cm³/mol. The first kappa shape index (κ1) is 26.6. The van der Waals surface area contributed by atoms with Gasteiger partial charge in [0, 0.05) is 23.2 Å². The standard InChI is InChI=1S/C29H39N5O3/c1-29(2,3)34-25-18-21(13-14-22(25)19-31-34)27(35)33-24(28(36)37)12-8-6-4-5-7-11-23-16-15-20-10-9-17-30-26(20)32-23/h13-16,18-19,24H,4-12,17H2,1-3H3,(H,30,32)(H,33,35)(H,36,37)/t24-/m1/s1. The molecule has 37 heavy (non-hydrogen) atoms. The Balaban J connectivity index is 1.21. The number of benzene rings is 1. The van der Waals surface area contributed by atoms with Gasteiger partial charge in [0.05, 0.1) is 17.3 Å². The van der Waals surface area contributed by atoms with Crippen molar-refractivity contribution in [1.82, 2.24) is 20.1 Å². The van der Waals surface area contributed by atoms with Crippen molar-refractivity contribution >= 4 is 28.6 Å². The van der Waals surface area contributed by atoms with Gasteiger partial charge in [-0.05, 0) is 76.6 Å². The molecule has 3 aromatic rings. The maximum atomic E-state index is 12.9. The minimum Gasteiger partial charge on any atom is -0.480 e. The number of nitrogens with one attached hydrogen (secondary N) is 2. The maximum absolute atomic E-state index is 12.9. The SMILES string of the molecule is CC(C)(C)n1ncc2ccc(C(=O)N[C@H](CCCCCCCc3ccc4c(n3)NCCC4)C(=O)O)cc21. The number of aryl methyl sites for hydroxylation is 2. The van der Waals surface area contributed by atoms with Gasteiger partial charge in [-0.2, -0.15) is 5.10 Å². The Labute approximate surface area is 218 Å². The van der Waals surface area contributed by atoms with Crippen molar-refractivity contribution in [3.05, 3.63) is 53.3 Å². The highest BCUT2D eigenvalue weighted by molar-refractivity contribution is 5.99. The predicted octanol–water partition coefficient (Wildman–Crippen LogP) is 5.31. The number of fused-ring (bicyclic) bond motifs is 2. The van der Waals surface area contributed by atoms with Crippen LogP contribution >= 0.6 is 0 Å². The number of carboxylic acid groups (broad SMARTS) is 1. The normalized spacial score (nSPS) is 14.1. The summed E-state index contributed by atoms with van der Waals surface area (Å²) in [6.07, 6.45) is 10.3. The number of rotatable bonds is 11. The fourth-order valence-electron chi connectivity index (χ4n) is 4.89. The van der Waals surface area contributed by atoms with E-state index in [0.29, 0.717) is 12.0 Å². The minimum absolute atomic E-state index is 0.227. The molecule has 1 amide bonds. The summed E-state index contributed by atoms with van der Waals surface area (Å²) < 4.78 is 1.88. The van der Waals surface area contributed by atoms with E-state index >= 15 is 0 Å². The lowest BCUT2D eigenvalue weighted by Gasteiger charge is -2.20. The third-order valence-electron chi connectivity index (χ3n) is 6.95. The first-order valence-electron chi connectivity index (χ1n) is 13.5. The molecular weight excluding hydrogens is 466 g/mol.